The van der Waals surface area contributed by atoms with Crippen LogP contribution in [0.25, 0.3) is 0 Å². The molecule has 34 heavy (non-hydrogen) atoms. The summed E-state index contributed by atoms with van der Waals surface area (Å²) in [6.07, 6.45) is 27.0. The van der Waals surface area contributed by atoms with Gasteiger partial charge in [-0.1, -0.05) is 164 Å². The van der Waals surface area contributed by atoms with E-state index in [-0.39, 0.29) is 0 Å². The maximum Gasteiger partial charge on any atom is 0.0746 e. The fourth-order valence-electron chi connectivity index (χ4n) is 4.75. The molecule has 0 N–H and O–H groups in total. The van der Waals surface area contributed by atoms with Crippen LogP contribution in [0.4, 0.5) is 5.69 Å². The molecule has 0 bridgehead atoms. The van der Waals surface area contributed by atoms with Crippen molar-refractivity contribution in [2.45, 2.75) is 142 Å². The second kappa shape index (κ2) is 22.1. The average molecular weight is 533 g/mol. The van der Waals surface area contributed by atoms with Gasteiger partial charge in [-0.15, -0.1) is 0 Å². The second-order valence-electron chi connectivity index (χ2n) is 10.1. The van der Waals surface area contributed by atoms with Crippen LogP contribution >= 0.6 is 34.8 Å². The molecule has 1 nitrogen and oxygen atoms in total. The number of benzene rings is 1. The normalized spacial score (nSPS) is 11.3. The van der Waals surface area contributed by atoms with Crippen LogP contribution in [0.5, 0.6) is 0 Å². The highest BCUT2D eigenvalue weighted by Crippen LogP contribution is 2.37. The van der Waals surface area contributed by atoms with Crippen molar-refractivity contribution in [1.29, 1.82) is 0 Å². The summed E-state index contributed by atoms with van der Waals surface area (Å²) < 4.78 is 0. The molecule has 0 aliphatic rings. The van der Waals surface area contributed by atoms with Crippen molar-refractivity contribution in [3.05, 3.63) is 27.2 Å². The first-order valence-electron chi connectivity index (χ1n) is 14.5. The zero-order chi connectivity index (χ0) is 24.9. The van der Waals surface area contributed by atoms with Crippen LogP contribution in [0.15, 0.2) is 12.1 Å². The smallest absolute Gasteiger partial charge is 0.0746 e. The van der Waals surface area contributed by atoms with Crippen LogP contribution in [-0.2, 0) is 0 Å². The number of halogens is 3. The molecule has 4 heteroatoms. The number of hydrogen-bond acceptors (Lipinski definition) is 1. The molecule has 0 amide bonds. The molecule has 0 unspecified atom stereocenters. The minimum atomic E-state index is 0.608. The van der Waals surface area contributed by atoms with E-state index in [0.717, 1.165) is 18.8 Å². The Morgan fingerprint density at radius 3 is 1.09 bits per heavy atom. The molecular weight excluding hydrogens is 481 g/mol. The standard InChI is InChI=1S/C30H52Cl3N/c1-3-5-7-9-11-13-15-17-19-21-23-34(30-28(32)25-27(31)26-29(30)33)24-22-20-18-16-14-12-10-8-6-4-2/h25-26H,3-24H2,1-2H3. The van der Waals surface area contributed by atoms with Crippen LogP contribution in [0.1, 0.15) is 142 Å². The van der Waals surface area contributed by atoms with Crippen LogP contribution < -0.4 is 4.90 Å². The summed E-state index contributed by atoms with van der Waals surface area (Å²) >= 11 is 19.3. The predicted octanol–water partition coefficient (Wildman–Crippen LogP) is 12.3. The summed E-state index contributed by atoms with van der Waals surface area (Å²) in [7, 11) is 0. The van der Waals surface area contributed by atoms with Crippen molar-refractivity contribution in [2.24, 2.45) is 0 Å². The molecule has 0 aliphatic carbocycles. The summed E-state index contributed by atoms with van der Waals surface area (Å²) in [5.74, 6) is 0. The van der Waals surface area contributed by atoms with Crippen molar-refractivity contribution >= 4 is 40.5 Å². The van der Waals surface area contributed by atoms with Gasteiger partial charge in [-0.2, -0.15) is 0 Å². The van der Waals surface area contributed by atoms with E-state index in [9.17, 15) is 0 Å². The van der Waals surface area contributed by atoms with Gasteiger partial charge in [-0.3, -0.25) is 0 Å². The molecule has 1 aromatic rings. The van der Waals surface area contributed by atoms with Crippen molar-refractivity contribution in [3.8, 4) is 0 Å². The Morgan fingerprint density at radius 2 is 0.765 bits per heavy atom. The van der Waals surface area contributed by atoms with Crippen LogP contribution in [0.2, 0.25) is 15.1 Å². The lowest BCUT2D eigenvalue weighted by Gasteiger charge is -2.27. The minimum Gasteiger partial charge on any atom is -0.369 e. The lowest BCUT2D eigenvalue weighted by molar-refractivity contribution is 0.543. The van der Waals surface area contributed by atoms with Crippen LogP contribution in [0.3, 0.4) is 0 Å². The molecule has 0 radical (unpaired) electrons. The first-order chi connectivity index (χ1) is 16.6. The molecular formula is C30H52Cl3N. The lowest BCUT2D eigenvalue weighted by atomic mass is 10.1. The van der Waals surface area contributed by atoms with E-state index < -0.39 is 0 Å². The first kappa shape index (κ1) is 31.9. The number of rotatable bonds is 23. The Kier molecular flexibility index (Phi) is 20.8. The third kappa shape index (κ3) is 15.8. The molecule has 1 aromatic carbocycles. The molecule has 0 saturated carbocycles. The van der Waals surface area contributed by atoms with Gasteiger partial charge in [0, 0.05) is 18.1 Å². The van der Waals surface area contributed by atoms with E-state index >= 15 is 0 Å². The van der Waals surface area contributed by atoms with Gasteiger partial charge in [0.15, 0.2) is 0 Å². The monoisotopic (exact) mass is 531 g/mol. The topological polar surface area (TPSA) is 3.24 Å². The van der Waals surface area contributed by atoms with E-state index in [1.165, 1.54) is 128 Å². The summed E-state index contributed by atoms with van der Waals surface area (Å²) in [4.78, 5) is 2.41. The average Bonchev–Trinajstić information content (AvgIpc) is 2.80. The zero-order valence-corrected chi connectivity index (χ0v) is 24.6. The highest BCUT2D eigenvalue weighted by molar-refractivity contribution is 6.41. The molecule has 0 heterocycles. The molecule has 0 aliphatic heterocycles. The molecule has 0 spiro atoms. The zero-order valence-electron chi connectivity index (χ0n) is 22.3. The van der Waals surface area contributed by atoms with Crippen molar-refractivity contribution in [2.75, 3.05) is 18.0 Å². The van der Waals surface area contributed by atoms with E-state index in [1.54, 1.807) is 0 Å². The van der Waals surface area contributed by atoms with Crippen LogP contribution in [-0.4, -0.2) is 13.1 Å². The minimum absolute atomic E-state index is 0.608. The van der Waals surface area contributed by atoms with Crippen molar-refractivity contribution in [1.82, 2.24) is 0 Å². The Bertz CT molecular complexity index is 558. The summed E-state index contributed by atoms with van der Waals surface area (Å²) in [6, 6.07) is 3.66. The van der Waals surface area contributed by atoms with Gasteiger partial charge in [-0.05, 0) is 25.0 Å². The number of unbranched alkanes of at least 4 members (excludes halogenated alkanes) is 18. The van der Waals surface area contributed by atoms with Crippen LogP contribution in [0, 0.1) is 0 Å². The van der Waals surface area contributed by atoms with E-state index in [0.29, 0.717) is 15.1 Å². The Hall–Kier alpha value is -0.110. The summed E-state index contributed by atoms with van der Waals surface area (Å²) in [6.45, 7) is 6.61. The number of nitrogens with zero attached hydrogens (tertiary/aromatic N) is 1. The van der Waals surface area contributed by atoms with E-state index in [2.05, 4.69) is 18.7 Å². The first-order valence-corrected chi connectivity index (χ1v) is 15.6. The van der Waals surface area contributed by atoms with Gasteiger partial charge in [-0.25, -0.2) is 0 Å². The SMILES string of the molecule is CCCCCCCCCCCCN(CCCCCCCCCCCC)c1c(Cl)cc(Cl)cc1Cl. The fraction of sp³-hybridized carbons (Fsp3) is 0.800. The van der Waals surface area contributed by atoms with E-state index in [4.69, 9.17) is 34.8 Å². The molecule has 0 saturated heterocycles. The lowest BCUT2D eigenvalue weighted by Crippen LogP contribution is -2.26. The molecule has 0 aromatic heterocycles. The van der Waals surface area contributed by atoms with Gasteiger partial charge in [0.05, 0.1) is 15.7 Å². The summed E-state index contributed by atoms with van der Waals surface area (Å²) in [5, 5.41) is 1.96. The third-order valence-corrected chi connectivity index (χ3v) is 7.66. The Morgan fingerprint density at radius 1 is 0.471 bits per heavy atom. The predicted molar refractivity (Wildman–Crippen MR) is 157 cm³/mol. The van der Waals surface area contributed by atoms with Gasteiger partial charge >= 0.3 is 0 Å². The van der Waals surface area contributed by atoms with E-state index in [1.807, 2.05) is 12.1 Å². The second-order valence-corrected chi connectivity index (χ2v) is 11.3. The number of hydrogen-bond donors (Lipinski definition) is 0. The molecule has 0 atom stereocenters. The third-order valence-electron chi connectivity index (χ3n) is 6.86. The molecule has 1 rings (SSSR count). The van der Waals surface area contributed by atoms with Gasteiger partial charge in [0.2, 0.25) is 0 Å². The highest BCUT2D eigenvalue weighted by Gasteiger charge is 2.15. The van der Waals surface area contributed by atoms with Gasteiger partial charge in [0.1, 0.15) is 0 Å². The van der Waals surface area contributed by atoms with Crippen molar-refractivity contribution in [3.63, 3.8) is 0 Å². The summed E-state index contributed by atoms with van der Waals surface area (Å²) in [5.41, 5.74) is 0.972. The van der Waals surface area contributed by atoms with Gasteiger partial charge < -0.3 is 4.90 Å². The van der Waals surface area contributed by atoms with Crippen molar-refractivity contribution < 1.29 is 0 Å². The number of anilines is 1. The van der Waals surface area contributed by atoms with Gasteiger partial charge in [0.25, 0.3) is 0 Å². The largest absolute Gasteiger partial charge is 0.369 e. The fourth-order valence-corrected chi connectivity index (χ4v) is 5.81. The maximum atomic E-state index is 6.59. The molecule has 0 fully saturated rings. The highest BCUT2D eigenvalue weighted by atomic mass is 35.5. The Labute approximate surface area is 227 Å². The molecule has 198 valence electrons. The Balaban J connectivity index is 2.34. The quantitative estimate of drug-likeness (QED) is 0.127. The maximum absolute atomic E-state index is 6.59.